The van der Waals surface area contributed by atoms with E-state index in [4.69, 9.17) is 14.2 Å². The minimum Gasteiger partial charge on any atom is -0.493 e. The largest absolute Gasteiger partial charge is 0.493 e. The van der Waals surface area contributed by atoms with Gasteiger partial charge in [-0.2, -0.15) is 0 Å². The molecule has 7 nitrogen and oxygen atoms in total. The summed E-state index contributed by atoms with van der Waals surface area (Å²) in [7, 11) is 5.38. The maximum atomic E-state index is 14.4. The van der Waals surface area contributed by atoms with Crippen LogP contribution in [0.4, 0.5) is 0 Å². The van der Waals surface area contributed by atoms with E-state index in [2.05, 4.69) is 28.1 Å². The van der Waals surface area contributed by atoms with Gasteiger partial charge in [-0.05, 0) is 81.7 Å². The highest BCUT2D eigenvalue weighted by Gasteiger charge is 2.79. The average Bonchev–Trinajstić information content (AvgIpc) is 3.70. The molecular formula is C33H39N3O4. The number of aryl methyl sites for hydroxylation is 1. The number of methoxy groups -OCH3 is 2. The van der Waals surface area contributed by atoms with Crippen molar-refractivity contribution in [2.45, 2.75) is 75.2 Å². The number of likely N-dealkylation sites (N-methyl/N-ethyl adjacent to an activating group) is 1. The Balaban J connectivity index is 1.29. The predicted octanol–water partition coefficient (Wildman–Crippen LogP) is 4.20. The summed E-state index contributed by atoms with van der Waals surface area (Å²) >= 11 is 0. The molecule has 4 bridgehead atoms. The van der Waals surface area contributed by atoms with E-state index in [-0.39, 0.29) is 22.8 Å². The third kappa shape index (κ3) is 2.98. The van der Waals surface area contributed by atoms with Crippen molar-refractivity contribution in [1.29, 1.82) is 0 Å². The van der Waals surface area contributed by atoms with Crippen molar-refractivity contribution in [3.8, 4) is 11.5 Å². The summed E-state index contributed by atoms with van der Waals surface area (Å²) < 4.78 is 19.4. The molecule has 7 heteroatoms. The monoisotopic (exact) mass is 541 g/mol. The summed E-state index contributed by atoms with van der Waals surface area (Å²) in [6.07, 6.45) is 8.60. The fourth-order valence-electron chi connectivity index (χ4n) is 9.45. The van der Waals surface area contributed by atoms with Gasteiger partial charge in [-0.15, -0.1) is 0 Å². The fraction of sp³-hybridized carbons (Fsp3) is 0.576. The molecule has 2 aliphatic heterocycles. The highest BCUT2D eigenvalue weighted by Crippen LogP contribution is 2.75. The van der Waals surface area contributed by atoms with E-state index in [0.29, 0.717) is 12.6 Å². The number of hydrogen-bond acceptors (Lipinski definition) is 6. The molecule has 1 saturated heterocycles. The first-order chi connectivity index (χ1) is 19.4. The lowest BCUT2D eigenvalue weighted by Crippen LogP contribution is -2.78. The summed E-state index contributed by atoms with van der Waals surface area (Å²) in [4.78, 5) is 23.7. The second-order valence-corrected chi connectivity index (χ2v) is 13.1. The van der Waals surface area contributed by atoms with E-state index in [0.717, 1.165) is 73.2 Å². The first kappa shape index (κ1) is 24.9. The maximum Gasteiger partial charge on any atom is 0.252 e. The minimum atomic E-state index is -0.811. The SMILES string of the molecule is COc1ccc2c3c1O[C@@H]1[C@]34CCN(CC3CC3)[C@H](C2)[C@@]42C=C(C(=O)N(C)Cc3cccc(C)n3)[C@]1(OC)CC2. The van der Waals surface area contributed by atoms with Gasteiger partial charge in [-0.1, -0.05) is 18.2 Å². The zero-order valence-corrected chi connectivity index (χ0v) is 24.0. The zero-order valence-electron chi connectivity index (χ0n) is 24.0. The second-order valence-electron chi connectivity index (χ2n) is 13.1. The quantitative estimate of drug-likeness (QED) is 0.524. The number of likely N-dealkylation sites (tertiary alicyclic amines) is 1. The lowest BCUT2D eigenvalue weighted by Gasteiger charge is -2.70. The van der Waals surface area contributed by atoms with Crippen LogP contribution in [0.3, 0.4) is 0 Å². The molecular weight excluding hydrogens is 502 g/mol. The van der Waals surface area contributed by atoms with Crippen LogP contribution in [0.25, 0.3) is 0 Å². The van der Waals surface area contributed by atoms with Crippen molar-refractivity contribution in [1.82, 2.24) is 14.8 Å². The molecule has 0 radical (unpaired) electrons. The Labute approximate surface area is 236 Å². The number of fused-ring (bicyclic) bond motifs is 1. The van der Waals surface area contributed by atoms with Gasteiger partial charge in [-0.3, -0.25) is 14.7 Å². The topological polar surface area (TPSA) is 64.1 Å². The Kier molecular flexibility index (Phi) is 5.17. The lowest BCUT2D eigenvalue weighted by molar-refractivity contribution is -0.198. The van der Waals surface area contributed by atoms with Crippen LogP contribution in [0.5, 0.6) is 11.5 Å². The maximum absolute atomic E-state index is 14.4. The van der Waals surface area contributed by atoms with Gasteiger partial charge < -0.3 is 19.1 Å². The highest BCUT2D eigenvalue weighted by atomic mass is 16.6. The van der Waals surface area contributed by atoms with Crippen LogP contribution in [0.15, 0.2) is 42.0 Å². The van der Waals surface area contributed by atoms with E-state index in [1.54, 1.807) is 14.2 Å². The molecule has 5 aliphatic carbocycles. The number of aromatic nitrogens is 1. The number of carbonyl (C=O) groups excluding carboxylic acids is 1. The van der Waals surface area contributed by atoms with E-state index in [1.807, 2.05) is 37.1 Å². The van der Waals surface area contributed by atoms with Crippen molar-refractivity contribution >= 4 is 5.91 Å². The smallest absolute Gasteiger partial charge is 0.252 e. The molecule has 1 amide bonds. The molecule has 1 aromatic heterocycles. The highest BCUT2D eigenvalue weighted by molar-refractivity contribution is 5.97. The Bertz CT molecular complexity index is 1450. The third-order valence-electron chi connectivity index (χ3n) is 11.3. The summed E-state index contributed by atoms with van der Waals surface area (Å²) in [5.74, 6) is 2.50. The van der Waals surface area contributed by atoms with Crippen LogP contribution in [0, 0.1) is 18.3 Å². The number of ether oxygens (including phenoxy) is 3. The van der Waals surface area contributed by atoms with Crippen LogP contribution >= 0.6 is 0 Å². The minimum absolute atomic E-state index is 0.0169. The second kappa shape index (κ2) is 8.32. The average molecular weight is 542 g/mol. The van der Waals surface area contributed by atoms with Crippen LogP contribution in [0.1, 0.15) is 54.6 Å². The van der Waals surface area contributed by atoms with Gasteiger partial charge in [0.1, 0.15) is 11.7 Å². The van der Waals surface area contributed by atoms with Crippen molar-refractivity contribution in [2.75, 3.05) is 34.4 Å². The first-order valence-electron chi connectivity index (χ1n) is 14.9. The predicted molar refractivity (Wildman–Crippen MR) is 150 cm³/mol. The molecule has 1 aromatic carbocycles. The molecule has 0 N–H and O–H groups in total. The van der Waals surface area contributed by atoms with E-state index < -0.39 is 5.60 Å². The molecule has 210 valence electrons. The van der Waals surface area contributed by atoms with Gasteiger partial charge in [-0.25, -0.2) is 0 Å². The summed E-state index contributed by atoms with van der Waals surface area (Å²) in [5, 5.41) is 0. The molecule has 9 rings (SSSR count). The van der Waals surface area contributed by atoms with Crippen molar-refractivity contribution < 1.29 is 19.0 Å². The van der Waals surface area contributed by atoms with Crippen molar-refractivity contribution in [2.24, 2.45) is 11.3 Å². The number of carbonyl (C=O) groups is 1. The molecule has 3 heterocycles. The lowest BCUT2D eigenvalue weighted by atomic mass is 9.37. The van der Waals surface area contributed by atoms with E-state index >= 15 is 0 Å². The number of nitrogens with zero attached hydrogens (tertiary/aromatic N) is 3. The Morgan fingerprint density at radius 1 is 1.18 bits per heavy atom. The summed E-state index contributed by atoms with van der Waals surface area (Å²) in [6, 6.07) is 10.7. The third-order valence-corrected chi connectivity index (χ3v) is 11.3. The van der Waals surface area contributed by atoms with Gasteiger partial charge in [0.05, 0.1) is 24.8 Å². The van der Waals surface area contributed by atoms with E-state index in [9.17, 15) is 4.79 Å². The molecule has 2 aromatic rings. The van der Waals surface area contributed by atoms with Crippen LogP contribution in [-0.4, -0.2) is 72.8 Å². The summed E-state index contributed by atoms with van der Waals surface area (Å²) in [5.41, 5.74) is 4.13. The van der Waals surface area contributed by atoms with Gasteiger partial charge in [0.25, 0.3) is 5.91 Å². The number of amides is 1. The standard InChI is InChI=1S/C33H39N3O4/c1-20-6-5-7-23(34-20)19-35(2)29(37)24-17-31-12-13-33(24,39-4)30-32(31)14-15-36(18-21-8-9-21)26(31)16-22-10-11-25(38-3)28(40-30)27(22)32/h5-7,10-11,17,21,26,30H,8-9,12-16,18-19H2,1-4H3/t26-,30-,31-,32+,33-/m1/s1. The Morgan fingerprint density at radius 3 is 2.77 bits per heavy atom. The Morgan fingerprint density at radius 2 is 2.02 bits per heavy atom. The van der Waals surface area contributed by atoms with Crippen LogP contribution in [-0.2, 0) is 27.9 Å². The number of rotatable bonds is 7. The van der Waals surface area contributed by atoms with Crippen LogP contribution < -0.4 is 9.47 Å². The number of pyridine rings is 1. The van der Waals surface area contributed by atoms with Gasteiger partial charge in [0.15, 0.2) is 11.5 Å². The summed E-state index contributed by atoms with van der Waals surface area (Å²) in [6.45, 7) is 4.67. The van der Waals surface area contributed by atoms with Crippen molar-refractivity contribution in [3.63, 3.8) is 0 Å². The number of benzene rings is 1. The molecule has 3 fully saturated rings. The fourth-order valence-corrected chi connectivity index (χ4v) is 9.45. The Hall–Kier alpha value is -2.90. The molecule has 7 aliphatic rings. The number of piperidine rings is 1. The van der Waals surface area contributed by atoms with E-state index in [1.165, 1.54) is 24.0 Å². The molecule has 0 unspecified atom stereocenters. The van der Waals surface area contributed by atoms with Gasteiger partial charge >= 0.3 is 0 Å². The van der Waals surface area contributed by atoms with Gasteiger partial charge in [0, 0.05) is 49.0 Å². The number of hydrogen-bond donors (Lipinski definition) is 0. The zero-order chi connectivity index (χ0) is 27.4. The van der Waals surface area contributed by atoms with Crippen molar-refractivity contribution in [3.05, 3.63) is 64.5 Å². The molecule has 40 heavy (non-hydrogen) atoms. The first-order valence-corrected chi connectivity index (χ1v) is 14.9. The molecule has 2 saturated carbocycles. The van der Waals surface area contributed by atoms with Crippen LogP contribution in [0.2, 0.25) is 0 Å². The normalized spacial score (nSPS) is 34.6. The van der Waals surface area contributed by atoms with Gasteiger partial charge in [0.2, 0.25) is 0 Å². The molecule has 2 spiro atoms. The molecule has 5 atom stereocenters.